The van der Waals surface area contributed by atoms with E-state index in [-0.39, 0.29) is 6.04 Å². The molecule has 0 amide bonds. The van der Waals surface area contributed by atoms with E-state index >= 15 is 0 Å². The maximum atomic E-state index is 12.5. The van der Waals surface area contributed by atoms with Crippen molar-refractivity contribution in [3.05, 3.63) is 35.4 Å². The normalized spacial score (nSPS) is 19.4. The van der Waals surface area contributed by atoms with Crippen molar-refractivity contribution in [3.8, 4) is 0 Å². The van der Waals surface area contributed by atoms with E-state index in [1.807, 2.05) is 0 Å². The Balaban J connectivity index is 2.14. The SMILES string of the molecule is NNC(c1ccc(C(F)(F)F)cc1)C1CCCCC1. The average molecular weight is 272 g/mol. The molecule has 19 heavy (non-hydrogen) atoms. The van der Waals surface area contributed by atoms with Crippen molar-refractivity contribution in [2.45, 2.75) is 44.3 Å². The van der Waals surface area contributed by atoms with Gasteiger partial charge in [0, 0.05) is 6.04 Å². The first-order valence-corrected chi connectivity index (χ1v) is 6.65. The fourth-order valence-electron chi connectivity index (χ4n) is 2.85. The van der Waals surface area contributed by atoms with Gasteiger partial charge in [-0.1, -0.05) is 31.4 Å². The Hall–Kier alpha value is -1.07. The number of hydrogen-bond acceptors (Lipinski definition) is 2. The van der Waals surface area contributed by atoms with Crippen LogP contribution < -0.4 is 11.3 Å². The molecule has 1 aromatic rings. The lowest BCUT2D eigenvalue weighted by Crippen LogP contribution is -2.34. The molecular weight excluding hydrogens is 253 g/mol. The molecule has 0 aliphatic heterocycles. The van der Waals surface area contributed by atoms with Crippen molar-refractivity contribution in [2.24, 2.45) is 11.8 Å². The Kier molecular flexibility index (Phi) is 4.47. The highest BCUT2D eigenvalue weighted by atomic mass is 19.4. The molecule has 1 atom stereocenters. The first-order chi connectivity index (χ1) is 9.02. The average Bonchev–Trinajstić information content (AvgIpc) is 2.40. The summed E-state index contributed by atoms with van der Waals surface area (Å²) in [5.41, 5.74) is 2.99. The first-order valence-electron chi connectivity index (χ1n) is 6.65. The molecule has 2 rings (SSSR count). The van der Waals surface area contributed by atoms with Crippen LogP contribution >= 0.6 is 0 Å². The van der Waals surface area contributed by atoms with E-state index in [4.69, 9.17) is 5.84 Å². The lowest BCUT2D eigenvalue weighted by Gasteiger charge is -2.30. The van der Waals surface area contributed by atoms with Crippen molar-refractivity contribution in [1.29, 1.82) is 0 Å². The van der Waals surface area contributed by atoms with Crippen molar-refractivity contribution < 1.29 is 13.2 Å². The predicted octanol–water partition coefficient (Wildman–Crippen LogP) is 3.79. The molecule has 1 saturated carbocycles. The van der Waals surface area contributed by atoms with Gasteiger partial charge in [-0.25, -0.2) is 0 Å². The van der Waals surface area contributed by atoms with Gasteiger partial charge in [-0.05, 0) is 36.5 Å². The lowest BCUT2D eigenvalue weighted by molar-refractivity contribution is -0.137. The summed E-state index contributed by atoms with van der Waals surface area (Å²) in [4.78, 5) is 0. The van der Waals surface area contributed by atoms with Gasteiger partial charge in [0.1, 0.15) is 0 Å². The van der Waals surface area contributed by atoms with Gasteiger partial charge in [0.25, 0.3) is 0 Å². The number of benzene rings is 1. The first kappa shape index (κ1) is 14.3. The zero-order valence-corrected chi connectivity index (χ0v) is 10.7. The molecule has 0 spiro atoms. The number of hydrazine groups is 1. The largest absolute Gasteiger partial charge is 0.416 e. The van der Waals surface area contributed by atoms with Crippen LogP contribution in [-0.4, -0.2) is 0 Å². The van der Waals surface area contributed by atoms with Crippen LogP contribution in [0.3, 0.4) is 0 Å². The topological polar surface area (TPSA) is 38.0 Å². The summed E-state index contributed by atoms with van der Waals surface area (Å²) >= 11 is 0. The third kappa shape index (κ3) is 3.48. The van der Waals surface area contributed by atoms with Crippen LogP contribution in [0.5, 0.6) is 0 Å². The van der Waals surface area contributed by atoms with E-state index in [1.54, 1.807) is 0 Å². The van der Waals surface area contributed by atoms with Gasteiger partial charge in [0.15, 0.2) is 0 Å². The summed E-state index contributed by atoms with van der Waals surface area (Å²) in [6.07, 6.45) is 1.45. The Bertz CT molecular complexity index is 394. The van der Waals surface area contributed by atoms with Gasteiger partial charge in [-0.15, -0.1) is 0 Å². The second-order valence-corrected chi connectivity index (χ2v) is 5.16. The highest BCUT2D eigenvalue weighted by Gasteiger charge is 2.31. The highest BCUT2D eigenvalue weighted by molar-refractivity contribution is 5.27. The van der Waals surface area contributed by atoms with E-state index in [1.165, 1.54) is 31.4 Å². The number of halogens is 3. The standard InChI is InChI=1S/C14H19F3N2/c15-14(16,17)12-8-6-11(7-9-12)13(19-18)10-4-2-1-3-5-10/h6-10,13,19H,1-5,18H2. The van der Waals surface area contributed by atoms with Crippen molar-refractivity contribution in [1.82, 2.24) is 5.43 Å². The van der Waals surface area contributed by atoms with Crippen molar-refractivity contribution in [2.75, 3.05) is 0 Å². The molecule has 0 aromatic heterocycles. The Morgan fingerprint density at radius 3 is 2.11 bits per heavy atom. The van der Waals surface area contributed by atoms with Gasteiger partial charge < -0.3 is 0 Å². The van der Waals surface area contributed by atoms with E-state index in [2.05, 4.69) is 5.43 Å². The molecule has 0 radical (unpaired) electrons. The third-order valence-corrected chi connectivity index (χ3v) is 3.90. The zero-order chi connectivity index (χ0) is 13.9. The molecule has 2 nitrogen and oxygen atoms in total. The lowest BCUT2D eigenvalue weighted by atomic mass is 9.81. The highest BCUT2D eigenvalue weighted by Crippen LogP contribution is 2.35. The number of nitrogens with two attached hydrogens (primary N) is 1. The molecule has 5 heteroatoms. The van der Waals surface area contributed by atoms with E-state index < -0.39 is 11.7 Å². The summed E-state index contributed by atoms with van der Waals surface area (Å²) in [5.74, 6) is 6.00. The second-order valence-electron chi connectivity index (χ2n) is 5.16. The summed E-state index contributed by atoms with van der Waals surface area (Å²) in [7, 11) is 0. The van der Waals surface area contributed by atoms with Crippen LogP contribution in [0.25, 0.3) is 0 Å². The van der Waals surface area contributed by atoms with Gasteiger partial charge in [-0.3, -0.25) is 11.3 Å². The minimum Gasteiger partial charge on any atom is -0.271 e. The molecule has 106 valence electrons. The van der Waals surface area contributed by atoms with E-state index in [9.17, 15) is 13.2 Å². The molecule has 1 fully saturated rings. The molecule has 1 aliphatic carbocycles. The summed E-state index contributed by atoms with van der Waals surface area (Å²) in [6.45, 7) is 0. The van der Waals surface area contributed by atoms with Gasteiger partial charge in [0.2, 0.25) is 0 Å². The van der Waals surface area contributed by atoms with Gasteiger partial charge >= 0.3 is 6.18 Å². The minimum absolute atomic E-state index is 0.0532. The Morgan fingerprint density at radius 1 is 1.05 bits per heavy atom. The molecule has 1 aromatic carbocycles. The predicted molar refractivity (Wildman–Crippen MR) is 68.1 cm³/mol. The fraction of sp³-hybridized carbons (Fsp3) is 0.571. The van der Waals surface area contributed by atoms with E-state index in [0.29, 0.717) is 5.92 Å². The summed E-state index contributed by atoms with van der Waals surface area (Å²) in [5, 5.41) is 0. The number of alkyl halides is 3. The minimum atomic E-state index is -4.28. The molecule has 0 heterocycles. The molecule has 3 N–H and O–H groups in total. The van der Waals surface area contributed by atoms with Crippen LogP contribution in [0.1, 0.15) is 49.3 Å². The van der Waals surface area contributed by atoms with Crippen LogP contribution in [0.15, 0.2) is 24.3 Å². The van der Waals surface area contributed by atoms with Gasteiger partial charge in [-0.2, -0.15) is 13.2 Å². The quantitative estimate of drug-likeness (QED) is 0.649. The van der Waals surface area contributed by atoms with Gasteiger partial charge in [0.05, 0.1) is 5.56 Å². The van der Waals surface area contributed by atoms with Crippen LogP contribution in [0.4, 0.5) is 13.2 Å². The third-order valence-electron chi connectivity index (χ3n) is 3.90. The molecule has 0 saturated heterocycles. The number of rotatable bonds is 3. The van der Waals surface area contributed by atoms with Crippen molar-refractivity contribution in [3.63, 3.8) is 0 Å². The maximum absolute atomic E-state index is 12.5. The maximum Gasteiger partial charge on any atom is 0.416 e. The van der Waals surface area contributed by atoms with E-state index in [0.717, 1.165) is 30.5 Å². The molecule has 1 aliphatic rings. The molecular formula is C14H19F3N2. The number of nitrogens with one attached hydrogen (secondary N) is 1. The Labute approximate surface area is 111 Å². The molecule has 1 unspecified atom stereocenters. The van der Waals surface area contributed by atoms with Crippen LogP contribution in [0.2, 0.25) is 0 Å². The Morgan fingerprint density at radius 2 is 1.63 bits per heavy atom. The van der Waals surface area contributed by atoms with Crippen molar-refractivity contribution >= 4 is 0 Å². The monoisotopic (exact) mass is 272 g/mol. The summed E-state index contributed by atoms with van der Waals surface area (Å²) in [6, 6.07) is 5.26. The fourth-order valence-corrected chi connectivity index (χ4v) is 2.85. The van der Waals surface area contributed by atoms with Crippen LogP contribution in [-0.2, 0) is 6.18 Å². The summed E-state index contributed by atoms with van der Waals surface area (Å²) < 4.78 is 37.6. The molecule has 0 bridgehead atoms. The smallest absolute Gasteiger partial charge is 0.271 e. The number of hydrogen-bond donors (Lipinski definition) is 2. The zero-order valence-electron chi connectivity index (χ0n) is 10.7. The van der Waals surface area contributed by atoms with Crippen LogP contribution in [0, 0.1) is 5.92 Å². The second kappa shape index (κ2) is 5.92.